The topological polar surface area (TPSA) is 99.4 Å². The average molecular weight is 385 g/mol. The van der Waals surface area contributed by atoms with Gasteiger partial charge in [-0.25, -0.2) is 0 Å². The summed E-state index contributed by atoms with van der Waals surface area (Å²) in [5, 5.41) is 39.3. The fourth-order valence-electron chi connectivity index (χ4n) is 5.37. The van der Waals surface area contributed by atoms with Crippen LogP contribution in [0, 0.1) is 23.2 Å². The van der Waals surface area contributed by atoms with E-state index >= 15 is 0 Å². The largest absolute Gasteiger partial charge is 0.394 e. The summed E-state index contributed by atoms with van der Waals surface area (Å²) in [5.74, 6) is 2.10. The minimum atomic E-state index is -1.40. The van der Waals surface area contributed by atoms with Gasteiger partial charge in [-0.15, -0.1) is 0 Å². The van der Waals surface area contributed by atoms with Gasteiger partial charge in [-0.05, 0) is 61.3 Å². The third kappa shape index (κ3) is 4.26. The van der Waals surface area contributed by atoms with Gasteiger partial charge < -0.3 is 29.9 Å². The highest BCUT2D eigenvalue weighted by atomic mass is 16.7. The van der Waals surface area contributed by atoms with Crippen molar-refractivity contribution in [1.82, 2.24) is 0 Å². The van der Waals surface area contributed by atoms with Gasteiger partial charge in [0.2, 0.25) is 0 Å². The molecule has 0 radical (unpaired) electrons. The van der Waals surface area contributed by atoms with Gasteiger partial charge in [-0.3, -0.25) is 0 Å². The van der Waals surface area contributed by atoms with Crippen LogP contribution in [0.4, 0.5) is 0 Å². The van der Waals surface area contributed by atoms with Crippen molar-refractivity contribution in [3.05, 3.63) is 11.1 Å². The van der Waals surface area contributed by atoms with Crippen LogP contribution < -0.4 is 0 Å². The third-order valence-electron chi connectivity index (χ3n) is 6.95. The summed E-state index contributed by atoms with van der Waals surface area (Å²) in [6, 6.07) is 0. The lowest BCUT2D eigenvalue weighted by Gasteiger charge is -2.42. The van der Waals surface area contributed by atoms with E-state index in [4.69, 9.17) is 9.47 Å². The lowest BCUT2D eigenvalue weighted by molar-refractivity contribution is -0.299. The second kappa shape index (κ2) is 8.09. The van der Waals surface area contributed by atoms with Crippen LogP contribution in [-0.2, 0) is 9.47 Å². The molecule has 6 nitrogen and oxygen atoms in total. The van der Waals surface area contributed by atoms with Crippen LogP contribution in [0.2, 0.25) is 0 Å². The molecule has 3 rings (SSSR count). The van der Waals surface area contributed by atoms with Crippen molar-refractivity contribution in [3.8, 4) is 0 Å². The van der Waals surface area contributed by atoms with E-state index in [0.29, 0.717) is 12.5 Å². The van der Waals surface area contributed by atoms with Crippen LogP contribution in [0.1, 0.15) is 53.4 Å². The summed E-state index contributed by atoms with van der Waals surface area (Å²) in [4.78, 5) is 0. The lowest BCUT2D eigenvalue weighted by atomic mass is 9.63. The Hall–Kier alpha value is -0.500. The number of aliphatic hydroxyl groups is 4. The molecule has 0 aromatic rings. The Morgan fingerprint density at radius 1 is 1.15 bits per heavy atom. The second-order valence-electron chi connectivity index (χ2n) is 9.68. The molecule has 2 aliphatic carbocycles. The van der Waals surface area contributed by atoms with E-state index < -0.39 is 37.3 Å². The predicted molar refractivity (Wildman–Crippen MR) is 101 cm³/mol. The van der Waals surface area contributed by atoms with Gasteiger partial charge in [0.1, 0.15) is 24.4 Å². The SMILES string of the molecule is CC(COC1OC(CO)C(O)C(O)C1O)=C1CC(C)(C)CC2C(C)CCC12. The summed E-state index contributed by atoms with van der Waals surface area (Å²) in [6.07, 6.45) is -1.27. The molecular formula is C21H36O6. The van der Waals surface area contributed by atoms with Crippen LogP contribution in [-0.4, -0.2) is 64.3 Å². The zero-order chi connectivity index (χ0) is 19.9. The summed E-state index contributed by atoms with van der Waals surface area (Å²) in [7, 11) is 0. The maximum Gasteiger partial charge on any atom is 0.187 e. The van der Waals surface area contributed by atoms with Gasteiger partial charge in [0.05, 0.1) is 13.2 Å². The van der Waals surface area contributed by atoms with Crippen molar-refractivity contribution in [3.63, 3.8) is 0 Å². The zero-order valence-corrected chi connectivity index (χ0v) is 17.0. The Bertz CT molecular complexity index is 557. The van der Waals surface area contributed by atoms with E-state index in [2.05, 4.69) is 27.7 Å². The van der Waals surface area contributed by atoms with E-state index in [9.17, 15) is 20.4 Å². The van der Waals surface area contributed by atoms with Crippen LogP contribution in [0.3, 0.4) is 0 Å². The van der Waals surface area contributed by atoms with Gasteiger partial charge in [-0.2, -0.15) is 0 Å². The molecule has 0 bridgehead atoms. The average Bonchev–Trinajstić information content (AvgIpc) is 2.98. The lowest BCUT2D eigenvalue weighted by Crippen LogP contribution is -2.59. The summed E-state index contributed by atoms with van der Waals surface area (Å²) >= 11 is 0. The number of aliphatic hydroxyl groups excluding tert-OH is 4. The fourth-order valence-corrected chi connectivity index (χ4v) is 5.37. The van der Waals surface area contributed by atoms with Crippen LogP contribution in [0.15, 0.2) is 11.1 Å². The minimum Gasteiger partial charge on any atom is -0.394 e. The molecule has 3 aliphatic rings. The summed E-state index contributed by atoms with van der Waals surface area (Å²) in [5.41, 5.74) is 2.92. The normalized spacial score (nSPS) is 46.2. The van der Waals surface area contributed by atoms with Crippen molar-refractivity contribution >= 4 is 0 Å². The summed E-state index contributed by atoms with van der Waals surface area (Å²) < 4.78 is 11.3. The first-order valence-electron chi connectivity index (χ1n) is 10.2. The Balaban J connectivity index is 1.71. The Kier molecular flexibility index (Phi) is 6.36. The van der Waals surface area contributed by atoms with Gasteiger partial charge in [0.15, 0.2) is 6.29 Å². The third-order valence-corrected chi connectivity index (χ3v) is 6.95. The predicted octanol–water partition coefficient (Wildman–Crippen LogP) is 1.60. The maximum atomic E-state index is 10.2. The number of hydrogen-bond donors (Lipinski definition) is 4. The molecule has 8 atom stereocenters. The Morgan fingerprint density at radius 2 is 1.85 bits per heavy atom. The number of rotatable bonds is 4. The molecule has 8 unspecified atom stereocenters. The molecule has 27 heavy (non-hydrogen) atoms. The van der Waals surface area contributed by atoms with Crippen LogP contribution >= 0.6 is 0 Å². The molecule has 0 amide bonds. The number of ether oxygens (including phenoxy) is 2. The van der Waals surface area contributed by atoms with E-state index in [1.807, 2.05) is 0 Å². The quantitative estimate of drug-likeness (QED) is 0.550. The molecular weight excluding hydrogens is 348 g/mol. The molecule has 0 spiro atoms. The van der Waals surface area contributed by atoms with E-state index in [0.717, 1.165) is 18.3 Å². The molecule has 4 N–H and O–H groups in total. The van der Waals surface area contributed by atoms with E-state index in [1.54, 1.807) is 0 Å². The molecule has 1 heterocycles. The van der Waals surface area contributed by atoms with Gasteiger partial charge in [-0.1, -0.05) is 26.3 Å². The first-order chi connectivity index (χ1) is 12.6. The van der Waals surface area contributed by atoms with Crippen molar-refractivity contribution in [1.29, 1.82) is 0 Å². The second-order valence-corrected chi connectivity index (χ2v) is 9.68. The first-order valence-corrected chi connectivity index (χ1v) is 10.2. The fraction of sp³-hybridized carbons (Fsp3) is 0.905. The maximum absolute atomic E-state index is 10.2. The molecule has 0 aromatic carbocycles. The van der Waals surface area contributed by atoms with Crippen molar-refractivity contribution in [2.24, 2.45) is 23.2 Å². The summed E-state index contributed by atoms with van der Waals surface area (Å²) in [6.45, 7) is 8.98. The molecule has 0 aromatic heterocycles. The van der Waals surface area contributed by atoms with Crippen molar-refractivity contribution < 1.29 is 29.9 Å². The highest BCUT2D eigenvalue weighted by Gasteiger charge is 2.45. The number of allylic oxidation sites excluding steroid dienone is 1. The monoisotopic (exact) mass is 384 g/mol. The van der Waals surface area contributed by atoms with Crippen LogP contribution in [0.5, 0.6) is 0 Å². The first kappa shape index (κ1) is 21.2. The minimum absolute atomic E-state index is 0.277. The Labute approximate surface area is 162 Å². The van der Waals surface area contributed by atoms with Crippen molar-refractivity contribution in [2.75, 3.05) is 13.2 Å². The van der Waals surface area contributed by atoms with Gasteiger partial charge in [0.25, 0.3) is 0 Å². The molecule has 3 fully saturated rings. The van der Waals surface area contributed by atoms with E-state index in [-0.39, 0.29) is 5.41 Å². The molecule has 2 saturated carbocycles. The molecule has 1 aliphatic heterocycles. The zero-order valence-electron chi connectivity index (χ0n) is 17.0. The van der Waals surface area contributed by atoms with Crippen molar-refractivity contribution in [2.45, 2.75) is 84.1 Å². The highest BCUT2D eigenvalue weighted by molar-refractivity contribution is 5.23. The highest BCUT2D eigenvalue weighted by Crippen LogP contribution is 2.54. The van der Waals surface area contributed by atoms with Crippen LogP contribution in [0.25, 0.3) is 0 Å². The molecule has 1 saturated heterocycles. The number of fused-ring (bicyclic) bond motifs is 1. The number of hydrogen-bond acceptors (Lipinski definition) is 6. The smallest absolute Gasteiger partial charge is 0.187 e. The Morgan fingerprint density at radius 3 is 2.52 bits per heavy atom. The van der Waals surface area contributed by atoms with Gasteiger partial charge in [0, 0.05) is 0 Å². The molecule has 6 heteroatoms. The standard InChI is InChI=1S/C21H36O6/c1-11-5-6-13-14(11)7-21(3,4)8-15(13)12(2)10-26-20-19(25)18(24)17(23)16(9-22)27-20/h11,13-14,16-20,22-25H,5-10H2,1-4H3. The van der Waals surface area contributed by atoms with E-state index in [1.165, 1.54) is 30.4 Å². The molecule has 156 valence electrons. The van der Waals surface area contributed by atoms with Gasteiger partial charge >= 0.3 is 0 Å².